The van der Waals surface area contributed by atoms with Crippen molar-refractivity contribution in [3.05, 3.63) is 163 Å². The molecule has 0 fully saturated rings. The van der Waals surface area contributed by atoms with Gasteiger partial charge < -0.3 is 9.13 Å². The molecule has 0 spiro atoms. The summed E-state index contributed by atoms with van der Waals surface area (Å²) in [4.78, 5) is 3.80. The van der Waals surface area contributed by atoms with Crippen molar-refractivity contribution in [2.24, 2.45) is 0 Å². The van der Waals surface area contributed by atoms with E-state index in [0.717, 1.165) is 33.2 Å². The number of fused-ring (bicyclic) bond motifs is 12. The van der Waals surface area contributed by atoms with Crippen molar-refractivity contribution in [3.63, 3.8) is 0 Å². The molecule has 0 aliphatic carbocycles. The summed E-state index contributed by atoms with van der Waals surface area (Å²) in [5, 5.41) is 12.2. The molecule has 0 unspecified atom stereocenters. The highest BCUT2D eigenvalue weighted by molar-refractivity contribution is 6.25. The smallest absolute Gasteiger partial charge is 0.188 e. The predicted molar refractivity (Wildman–Crippen MR) is 194 cm³/mol. The van der Waals surface area contributed by atoms with Gasteiger partial charge >= 0.3 is 0 Å². The minimum Gasteiger partial charge on any atom is -0.309 e. The highest BCUT2D eigenvalue weighted by atomic mass is 15.0. The van der Waals surface area contributed by atoms with Gasteiger partial charge in [-0.05, 0) is 92.3 Å². The number of nitrogens with zero attached hydrogens (tertiary/aromatic N) is 3. The molecule has 0 aliphatic rings. The van der Waals surface area contributed by atoms with Gasteiger partial charge in [0.25, 0.3) is 0 Å². The highest BCUT2D eigenvalue weighted by Crippen LogP contribution is 2.40. The van der Waals surface area contributed by atoms with Gasteiger partial charge in [-0.1, -0.05) is 97.1 Å². The standard InChI is InChI=1S/C43H25N3/c1-44-27-18-22-42-38(24-27)39-26-29(45-40-16-8-6-14-35(40)36-15-7-9-17-41(36)45)20-23-43(39)46(42)28-19-21-34-32-12-3-2-10-30(32)31-11-4-5-13-33(31)37(34)25-28/h2-26H. The maximum atomic E-state index is 7.78. The third-order valence-electron chi connectivity index (χ3n) is 9.69. The number of hydrogen-bond acceptors (Lipinski definition) is 0. The van der Waals surface area contributed by atoms with Gasteiger partial charge in [0.2, 0.25) is 0 Å². The van der Waals surface area contributed by atoms with Crippen LogP contribution in [0.15, 0.2) is 152 Å². The second kappa shape index (κ2) is 9.32. The van der Waals surface area contributed by atoms with E-state index in [4.69, 9.17) is 6.57 Å². The Morgan fingerprint density at radius 1 is 0.326 bits per heavy atom. The van der Waals surface area contributed by atoms with Crippen LogP contribution < -0.4 is 0 Å². The maximum Gasteiger partial charge on any atom is 0.188 e. The summed E-state index contributed by atoms with van der Waals surface area (Å²) in [7, 11) is 0. The number of rotatable bonds is 2. The molecule has 0 bridgehead atoms. The van der Waals surface area contributed by atoms with Crippen LogP contribution in [0.3, 0.4) is 0 Å². The quantitative estimate of drug-likeness (QED) is 0.142. The van der Waals surface area contributed by atoms with E-state index < -0.39 is 0 Å². The zero-order chi connectivity index (χ0) is 30.4. The molecule has 0 radical (unpaired) electrons. The van der Waals surface area contributed by atoms with Crippen LogP contribution in [0.5, 0.6) is 0 Å². The highest BCUT2D eigenvalue weighted by Gasteiger charge is 2.18. The van der Waals surface area contributed by atoms with E-state index in [1.165, 1.54) is 54.1 Å². The summed E-state index contributed by atoms with van der Waals surface area (Å²) in [6.07, 6.45) is 0. The molecule has 0 saturated heterocycles. The Balaban J connectivity index is 1.29. The van der Waals surface area contributed by atoms with Crippen LogP contribution in [0.2, 0.25) is 0 Å². The van der Waals surface area contributed by atoms with Crippen molar-refractivity contribution < 1.29 is 0 Å². The second-order valence-electron chi connectivity index (χ2n) is 12.0. The first-order valence-electron chi connectivity index (χ1n) is 15.6. The first-order valence-corrected chi connectivity index (χ1v) is 15.6. The fourth-order valence-electron chi connectivity index (χ4n) is 7.72. The number of benzene rings is 8. The van der Waals surface area contributed by atoms with Gasteiger partial charge in [0.1, 0.15) is 0 Å². The molecule has 3 nitrogen and oxygen atoms in total. The lowest BCUT2D eigenvalue weighted by Gasteiger charge is -2.14. The predicted octanol–water partition coefficient (Wildman–Crippen LogP) is 11.9. The summed E-state index contributed by atoms with van der Waals surface area (Å²) in [6.45, 7) is 7.78. The Morgan fingerprint density at radius 2 is 0.717 bits per heavy atom. The van der Waals surface area contributed by atoms with Crippen molar-refractivity contribution in [1.29, 1.82) is 0 Å². The fourth-order valence-corrected chi connectivity index (χ4v) is 7.72. The summed E-state index contributed by atoms with van der Waals surface area (Å²) in [6, 6.07) is 54.4. The van der Waals surface area contributed by atoms with Crippen LogP contribution in [-0.2, 0) is 0 Å². The molecule has 8 aromatic carbocycles. The van der Waals surface area contributed by atoms with Crippen LogP contribution in [0.1, 0.15) is 0 Å². The van der Waals surface area contributed by atoms with Gasteiger partial charge in [-0.2, -0.15) is 0 Å². The first kappa shape index (κ1) is 25.0. The van der Waals surface area contributed by atoms with Gasteiger partial charge in [0.05, 0.1) is 28.6 Å². The Labute approximate surface area is 264 Å². The lowest BCUT2D eigenvalue weighted by molar-refractivity contribution is 1.17. The zero-order valence-corrected chi connectivity index (χ0v) is 24.8. The lowest BCUT2D eigenvalue weighted by Crippen LogP contribution is -1.96. The molecule has 10 rings (SSSR count). The van der Waals surface area contributed by atoms with Gasteiger partial charge in [-0.25, -0.2) is 4.85 Å². The summed E-state index contributed by atoms with van der Waals surface area (Å²) >= 11 is 0. The molecule has 0 N–H and O–H groups in total. The molecule has 0 aliphatic heterocycles. The summed E-state index contributed by atoms with van der Waals surface area (Å²) in [5.74, 6) is 0. The Morgan fingerprint density at radius 3 is 1.28 bits per heavy atom. The summed E-state index contributed by atoms with van der Waals surface area (Å²) < 4.78 is 4.72. The first-order chi connectivity index (χ1) is 22.8. The van der Waals surface area contributed by atoms with Crippen LogP contribution in [0, 0.1) is 6.57 Å². The average molecular weight is 584 g/mol. The zero-order valence-electron chi connectivity index (χ0n) is 24.8. The molecule has 0 saturated carbocycles. The number of para-hydroxylation sites is 2. The molecule has 46 heavy (non-hydrogen) atoms. The Hall–Kier alpha value is -6.37. The molecule has 212 valence electrons. The molecule has 0 amide bonds. The third kappa shape index (κ3) is 3.36. The van der Waals surface area contributed by atoms with E-state index in [1.807, 2.05) is 12.1 Å². The van der Waals surface area contributed by atoms with Gasteiger partial charge in [0, 0.05) is 27.5 Å². The van der Waals surface area contributed by atoms with Crippen LogP contribution >= 0.6 is 0 Å². The fraction of sp³-hybridized carbons (Fsp3) is 0. The van der Waals surface area contributed by atoms with E-state index in [0.29, 0.717) is 5.69 Å². The molecule has 0 atom stereocenters. The van der Waals surface area contributed by atoms with Crippen molar-refractivity contribution in [1.82, 2.24) is 9.13 Å². The van der Waals surface area contributed by atoms with E-state index in [9.17, 15) is 0 Å². The Kier molecular flexibility index (Phi) is 5.06. The second-order valence-corrected chi connectivity index (χ2v) is 12.0. The molecule has 2 heterocycles. The van der Waals surface area contributed by atoms with Crippen molar-refractivity contribution in [2.75, 3.05) is 0 Å². The van der Waals surface area contributed by atoms with Crippen molar-refractivity contribution >= 4 is 81.6 Å². The monoisotopic (exact) mass is 583 g/mol. The normalized spacial score (nSPS) is 11.9. The lowest BCUT2D eigenvalue weighted by atomic mass is 9.94. The average Bonchev–Trinajstić information content (AvgIpc) is 3.63. The molecule has 2 aromatic heterocycles. The molecular weight excluding hydrogens is 558 g/mol. The molecule has 3 heteroatoms. The van der Waals surface area contributed by atoms with E-state index in [2.05, 4.69) is 154 Å². The minimum atomic E-state index is 0.643. The SMILES string of the molecule is [C-]#[N+]c1ccc2c(c1)c1cc(-n3c4ccccc4c4ccccc43)ccc1n2-c1ccc2c3ccccc3c3ccccc3c2c1. The van der Waals surface area contributed by atoms with Crippen molar-refractivity contribution in [3.8, 4) is 11.4 Å². The topological polar surface area (TPSA) is 14.2 Å². The third-order valence-corrected chi connectivity index (χ3v) is 9.69. The number of hydrogen-bond donors (Lipinski definition) is 0. The summed E-state index contributed by atoms with van der Waals surface area (Å²) in [5.41, 5.74) is 7.42. The minimum absolute atomic E-state index is 0.643. The largest absolute Gasteiger partial charge is 0.309 e. The van der Waals surface area contributed by atoms with Crippen LogP contribution in [0.4, 0.5) is 5.69 Å². The van der Waals surface area contributed by atoms with E-state index in [1.54, 1.807) is 0 Å². The maximum absolute atomic E-state index is 7.78. The van der Waals surface area contributed by atoms with Gasteiger partial charge in [0.15, 0.2) is 5.69 Å². The van der Waals surface area contributed by atoms with Crippen LogP contribution in [0.25, 0.3) is 92.1 Å². The number of aromatic nitrogens is 2. The molecular formula is C43H25N3. The van der Waals surface area contributed by atoms with Gasteiger partial charge in [-0.3, -0.25) is 0 Å². The van der Waals surface area contributed by atoms with Crippen molar-refractivity contribution in [2.45, 2.75) is 0 Å². The van der Waals surface area contributed by atoms with E-state index in [-0.39, 0.29) is 0 Å². The van der Waals surface area contributed by atoms with E-state index >= 15 is 0 Å². The molecule has 10 aromatic rings. The van der Waals surface area contributed by atoms with Gasteiger partial charge in [-0.15, -0.1) is 0 Å². The Bertz CT molecular complexity index is 2840. The van der Waals surface area contributed by atoms with Crippen LogP contribution in [-0.4, -0.2) is 9.13 Å².